The van der Waals surface area contributed by atoms with E-state index in [9.17, 15) is 14.0 Å². The van der Waals surface area contributed by atoms with E-state index in [1.165, 1.54) is 18.2 Å². The molecule has 3 rings (SSSR count). The molecule has 0 unspecified atom stereocenters. The van der Waals surface area contributed by atoms with Gasteiger partial charge in [-0.2, -0.15) is 0 Å². The van der Waals surface area contributed by atoms with Crippen LogP contribution >= 0.6 is 0 Å². The number of nitrogens with zero attached hydrogens (tertiary/aromatic N) is 2. The fraction of sp³-hybridized carbons (Fsp3) is 0.333. The predicted molar refractivity (Wildman–Crippen MR) is 100 cm³/mol. The Morgan fingerprint density at radius 3 is 2.33 bits per heavy atom. The Kier molecular flexibility index (Phi) is 6.41. The molecule has 1 aliphatic heterocycles. The molecular weight excluding hydrogens is 347 g/mol. The second kappa shape index (κ2) is 9.16. The lowest BCUT2D eigenvalue weighted by Gasteiger charge is -2.35. The Bertz CT molecular complexity index is 774. The van der Waals surface area contributed by atoms with Crippen molar-refractivity contribution in [2.24, 2.45) is 0 Å². The molecule has 2 aromatic carbocycles. The van der Waals surface area contributed by atoms with E-state index < -0.39 is 5.82 Å². The molecule has 2 aromatic rings. The molecule has 0 aromatic heterocycles. The third-order valence-corrected chi connectivity index (χ3v) is 4.54. The van der Waals surface area contributed by atoms with Crippen LogP contribution in [0, 0.1) is 5.82 Å². The molecule has 6 heteroatoms. The van der Waals surface area contributed by atoms with E-state index in [0.717, 1.165) is 5.75 Å². The molecule has 0 bridgehead atoms. The van der Waals surface area contributed by atoms with Gasteiger partial charge in [0, 0.05) is 38.2 Å². The summed E-state index contributed by atoms with van der Waals surface area (Å²) in [4.78, 5) is 28.2. The second-order valence-corrected chi connectivity index (χ2v) is 6.45. The Morgan fingerprint density at radius 1 is 0.926 bits per heavy atom. The van der Waals surface area contributed by atoms with Crippen molar-refractivity contribution >= 4 is 11.8 Å². The van der Waals surface area contributed by atoms with Gasteiger partial charge < -0.3 is 14.5 Å². The van der Waals surface area contributed by atoms with E-state index in [0.29, 0.717) is 51.2 Å². The van der Waals surface area contributed by atoms with E-state index in [1.54, 1.807) is 15.9 Å². The van der Waals surface area contributed by atoms with Crippen LogP contribution in [-0.4, -0.2) is 54.4 Å². The number of hydrogen-bond donors (Lipinski definition) is 0. The van der Waals surface area contributed by atoms with Crippen LogP contribution in [0.5, 0.6) is 5.75 Å². The lowest BCUT2D eigenvalue weighted by atomic mass is 10.1. The van der Waals surface area contributed by atoms with Crippen molar-refractivity contribution in [1.29, 1.82) is 0 Å². The molecule has 27 heavy (non-hydrogen) atoms. The summed E-state index contributed by atoms with van der Waals surface area (Å²) < 4.78 is 18.9. The maximum Gasteiger partial charge on any atom is 0.254 e. The van der Waals surface area contributed by atoms with Crippen molar-refractivity contribution < 1.29 is 18.7 Å². The first-order valence-corrected chi connectivity index (χ1v) is 9.14. The maximum absolute atomic E-state index is 13.3. The van der Waals surface area contributed by atoms with Crippen LogP contribution in [0.25, 0.3) is 0 Å². The largest absolute Gasteiger partial charge is 0.494 e. The molecule has 0 atom stereocenters. The van der Waals surface area contributed by atoms with Crippen molar-refractivity contribution in [2.45, 2.75) is 12.8 Å². The quantitative estimate of drug-likeness (QED) is 0.735. The summed E-state index contributed by atoms with van der Waals surface area (Å²) >= 11 is 0. The smallest absolute Gasteiger partial charge is 0.254 e. The highest BCUT2D eigenvalue weighted by Crippen LogP contribution is 2.12. The van der Waals surface area contributed by atoms with Gasteiger partial charge in [0.05, 0.1) is 6.61 Å². The zero-order chi connectivity index (χ0) is 19.1. The molecule has 5 nitrogen and oxygen atoms in total. The lowest BCUT2D eigenvalue weighted by Crippen LogP contribution is -2.50. The molecule has 1 fully saturated rings. The van der Waals surface area contributed by atoms with E-state index in [1.807, 2.05) is 30.3 Å². The number of halogens is 1. The van der Waals surface area contributed by atoms with E-state index >= 15 is 0 Å². The minimum atomic E-state index is -0.424. The number of ether oxygens (including phenoxy) is 1. The minimum absolute atomic E-state index is 0.0736. The van der Waals surface area contributed by atoms with Gasteiger partial charge >= 0.3 is 0 Å². The monoisotopic (exact) mass is 370 g/mol. The third-order valence-electron chi connectivity index (χ3n) is 4.54. The Balaban J connectivity index is 1.39. The molecule has 142 valence electrons. The zero-order valence-electron chi connectivity index (χ0n) is 15.1. The van der Waals surface area contributed by atoms with Crippen LogP contribution in [-0.2, 0) is 4.79 Å². The highest BCUT2D eigenvalue weighted by molar-refractivity contribution is 5.94. The van der Waals surface area contributed by atoms with Gasteiger partial charge in [-0.1, -0.05) is 24.3 Å². The summed E-state index contributed by atoms with van der Waals surface area (Å²) in [5.74, 6) is 0.254. The summed E-state index contributed by atoms with van der Waals surface area (Å²) in [6.07, 6.45) is 1.07. The highest BCUT2D eigenvalue weighted by Gasteiger charge is 2.24. The number of piperazine rings is 1. The Labute approximate surface area is 158 Å². The number of carbonyl (C=O) groups is 2. The maximum atomic E-state index is 13.3. The van der Waals surface area contributed by atoms with E-state index in [4.69, 9.17) is 4.74 Å². The first-order chi connectivity index (χ1) is 13.1. The number of rotatable bonds is 6. The Morgan fingerprint density at radius 2 is 1.63 bits per heavy atom. The van der Waals surface area contributed by atoms with Crippen LogP contribution in [0.4, 0.5) is 4.39 Å². The van der Waals surface area contributed by atoms with Gasteiger partial charge in [-0.15, -0.1) is 0 Å². The van der Waals surface area contributed by atoms with Crippen LogP contribution in [0.15, 0.2) is 54.6 Å². The molecule has 1 heterocycles. The van der Waals surface area contributed by atoms with Gasteiger partial charge in [0.25, 0.3) is 5.91 Å². The number of benzene rings is 2. The van der Waals surface area contributed by atoms with Gasteiger partial charge in [0.2, 0.25) is 5.91 Å². The second-order valence-electron chi connectivity index (χ2n) is 6.45. The van der Waals surface area contributed by atoms with Gasteiger partial charge in [-0.3, -0.25) is 9.59 Å². The van der Waals surface area contributed by atoms with Crippen LogP contribution in [0.1, 0.15) is 23.2 Å². The number of hydrogen-bond acceptors (Lipinski definition) is 3. The van der Waals surface area contributed by atoms with Gasteiger partial charge in [-0.05, 0) is 36.8 Å². The molecule has 2 amide bonds. The van der Waals surface area contributed by atoms with Crippen LogP contribution in [0.2, 0.25) is 0 Å². The average molecular weight is 370 g/mol. The van der Waals surface area contributed by atoms with Gasteiger partial charge in [0.1, 0.15) is 11.6 Å². The number of amides is 2. The summed E-state index contributed by atoms with van der Waals surface area (Å²) in [5.41, 5.74) is 0.341. The van der Waals surface area contributed by atoms with Crippen molar-refractivity contribution in [3.8, 4) is 5.75 Å². The fourth-order valence-corrected chi connectivity index (χ4v) is 3.05. The molecule has 0 N–H and O–H groups in total. The first kappa shape index (κ1) is 18.9. The lowest BCUT2D eigenvalue weighted by molar-refractivity contribution is -0.132. The van der Waals surface area contributed by atoms with Crippen molar-refractivity contribution in [1.82, 2.24) is 9.80 Å². The van der Waals surface area contributed by atoms with E-state index in [2.05, 4.69) is 0 Å². The standard InChI is InChI=1S/C21H23FN2O3/c22-18-7-4-6-17(16-18)21(26)24-13-11-23(12-14-24)20(25)10-5-15-27-19-8-2-1-3-9-19/h1-4,6-9,16H,5,10-15H2. The number of para-hydroxylation sites is 1. The fourth-order valence-electron chi connectivity index (χ4n) is 3.05. The molecular formula is C21H23FN2O3. The molecule has 0 radical (unpaired) electrons. The summed E-state index contributed by atoms with van der Waals surface area (Å²) in [6.45, 7) is 2.41. The molecule has 0 saturated carbocycles. The minimum Gasteiger partial charge on any atom is -0.494 e. The summed E-state index contributed by atoms with van der Waals surface area (Å²) in [7, 11) is 0. The molecule has 0 spiro atoms. The van der Waals surface area contributed by atoms with Gasteiger partial charge in [-0.25, -0.2) is 4.39 Å². The van der Waals surface area contributed by atoms with E-state index in [-0.39, 0.29) is 11.8 Å². The molecule has 0 aliphatic carbocycles. The van der Waals surface area contributed by atoms with Crippen molar-refractivity contribution in [3.63, 3.8) is 0 Å². The van der Waals surface area contributed by atoms with Gasteiger partial charge in [0.15, 0.2) is 0 Å². The van der Waals surface area contributed by atoms with Crippen LogP contribution in [0.3, 0.4) is 0 Å². The highest BCUT2D eigenvalue weighted by atomic mass is 19.1. The average Bonchev–Trinajstić information content (AvgIpc) is 2.71. The summed E-state index contributed by atoms with van der Waals surface area (Å²) in [5, 5.41) is 0. The normalized spacial score (nSPS) is 14.1. The van der Waals surface area contributed by atoms with Crippen molar-refractivity contribution in [2.75, 3.05) is 32.8 Å². The van der Waals surface area contributed by atoms with Crippen LogP contribution < -0.4 is 4.74 Å². The topological polar surface area (TPSA) is 49.9 Å². The predicted octanol–water partition coefficient (Wildman–Crippen LogP) is 2.97. The zero-order valence-corrected chi connectivity index (χ0v) is 15.1. The Hall–Kier alpha value is -2.89. The summed E-state index contributed by atoms with van der Waals surface area (Å²) in [6, 6.07) is 15.2. The SMILES string of the molecule is O=C(CCCOc1ccccc1)N1CCN(C(=O)c2cccc(F)c2)CC1. The molecule has 1 aliphatic rings. The van der Waals surface area contributed by atoms with Crippen molar-refractivity contribution in [3.05, 3.63) is 66.0 Å². The first-order valence-electron chi connectivity index (χ1n) is 9.14. The number of carbonyl (C=O) groups excluding carboxylic acids is 2. The molecule has 1 saturated heterocycles. The third kappa shape index (κ3) is 5.29.